The number of nitrogens with zero attached hydrogens (tertiary/aromatic N) is 4. The monoisotopic (exact) mass is 282 g/mol. The van der Waals surface area contributed by atoms with Crippen molar-refractivity contribution in [3.63, 3.8) is 0 Å². The Morgan fingerprint density at radius 1 is 1.30 bits per heavy atom. The van der Waals surface area contributed by atoms with Crippen LogP contribution < -0.4 is 0 Å². The van der Waals surface area contributed by atoms with Crippen LogP contribution in [0.4, 0.5) is 0 Å². The van der Waals surface area contributed by atoms with E-state index in [1.54, 1.807) is 7.11 Å². The van der Waals surface area contributed by atoms with Crippen molar-refractivity contribution in [1.29, 1.82) is 0 Å². The van der Waals surface area contributed by atoms with Crippen molar-refractivity contribution in [2.45, 2.75) is 19.1 Å². The molecule has 0 amide bonds. The number of β-amino-alcohol motifs (C(OH)–C–C–N with tert-alkyl or cyclic N) is 1. The number of methoxy groups -OCH3 is 1. The third-order valence-electron chi connectivity index (χ3n) is 3.67. The summed E-state index contributed by atoms with van der Waals surface area (Å²) in [5.74, 6) is 0. The van der Waals surface area contributed by atoms with Gasteiger partial charge in [-0.3, -0.25) is 14.5 Å². The van der Waals surface area contributed by atoms with Gasteiger partial charge in [0.1, 0.15) is 0 Å². The van der Waals surface area contributed by atoms with Crippen molar-refractivity contribution in [2.75, 3.05) is 46.4 Å². The van der Waals surface area contributed by atoms with Gasteiger partial charge in [-0.2, -0.15) is 5.10 Å². The van der Waals surface area contributed by atoms with Gasteiger partial charge >= 0.3 is 0 Å². The highest BCUT2D eigenvalue weighted by Crippen LogP contribution is 2.08. The quantitative estimate of drug-likeness (QED) is 0.792. The molecule has 1 aliphatic heterocycles. The second-order valence-electron chi connectivity index (χ2n) is 5.56. The summed E-state index contributed by atoms with van der Waals surface area (Å²) >= 11 is 0. The third-order valence-corrected chi connectivity index (χ3v) is 3.67. The summed E-state index contributed by atoms with van der Waals surface area (Å²) < 4.78 is 6.83. The van der Waals surface area contributed by atoms with Crippen LogP contribution >= 0.6 is 0 Å². The summed E-state index contributed by atoms with van der Waals surface area (Å²) in [7, 11) is 3.58. The van der Waals surface area contributed by atoms with Gasteiger partial charge in [-0.15, -0.1) is 0 Å². The Bertz CT molecular complexity index is 396. The Balaban J connectivity index is 1.77. The molecule has 1 fully saturated rings. The van der Waals surface area contributed by atoms with Gasteiger partial charge in [0.15, 0.2) is 0 Å². The number of rotatable bonds is 6. The van der Waals surface area contributed by atoms with Gasteiger partial charge in [0.25, 0.3) is 0 Å². The Morgan fingerprint density at radius 3 is 2.75 bits per heavy atom. The first kappa shape index (κ1) is 15.4. The number of aliphatic hydroxyl groups is 1. The maximum absolute atomic E-state index is 9.81. The lowest BCUT2D eigenvalue weighted by Gasteiger charge is -2.23. The first-order chi connectivity index (χ1) is 9.67. The van der Waals surface area contributed by atoms with Gasteiger partial charge in [0.05, 0.1) is 18.9 Å². The van der Waals surface area contributed by atoms with E-state index in [0.29, 0.717) is 13.2 Å². The molecule has 0 aromatic carbocycles. The Morgan fingerprint density at radius 2 is 2.05 bits per heavy atom. The second kappa shape index (κ2) is 7.73. The number of aryl methyl sites for hydroxylation is 1. The standard InChI is InChI=1S/C14H26N4O2/c1-16-9-13(8-15-16)10-17-4-3-5-18(7-6-17)11-14(19)12-20-2/h8-9,14,19H,3-7,10-12H2,1-2H3. The molecule has 0 radical (unpaired) electrons. The number of aliphatic hydroxyl groups excluding tert-OH is 1. The molecular formula is C14H26N4O2. The van der Waals surface area contributed by atoms with E-state index in [2.05, 4.69) is 21.1 Å². The normalized spacial score (nSPS) is 19.9. The lowest BCUT2D eigenvalue weighted by Crippen LogP contribution is -2.37. The van der Waals surface area contributed by atoms with E-state index in [4.69, 9.17) is 4.74 Å². The summed E-state index contributed by atoms with van der Waals surface area (Å²) in [6.45, 7) is 6.26. The fraction of sp³-hybridized carbons (Fsp3) is 0.786. The number of hydrogen-bond donors (Lipinski definition) is 1. The average molecular weight is 282 g/mol. The van der Waals surface area contributed by atoms with Gasteiger partial charge in [0.2, 0.25) is 0 Å². The predicted octanol–water partition coefficient (Wildman–Crippen LogP) is -0.0649. The minimum Gasteiger partial charge on any atom is -0.389 e. The van der Waals surface area contributed by atoms with Crippen LogP contribution in [0, 0.1) is 0 Å². The van der Waals surface area contributed by atoms with Crippen molar-refractivity contribution in [3.05, 3.63) is 18.0 Å². The Hall–Kier alpha value is -0.950. The van der Waals surface area contributed by atoms with Crippen LogP contribution in [0.15, 0.2) is 12.4 Å². The summed E-state index contributed by atoms with van der Waals surface area (Å²) in [6, 6.07) is 0. The van der Waals surface area contributed by atoms with Crippen LogP contribution in [0.25, 0.3) is 0 Å². The van der Waals surface area contributed by atoms with Crippen LogP contribution in [0.1, 0.15) is 12.0 Å². The minimum absolute atomic E-state index is 0.384. The van der Waals surface area contributed by atoms with E-state index in [9.17, 15) is 5.11 Å². The molecule has 20 heavy (non-hydrogen) atoms. The van der Waals surface area contributed by atoms with Gasteiger partial charge < -0.3 is 9.84 Å². The highest BCUT2D eigenvalue weighted by atomic mass is 16.5. The van der Waals surface area contributed by atoms with Crippen LogP contribution in [-0.4, -0.2) is 77.2 Å². The minimum atomic E-state index is -0.384. The summed E-state index contributed by atoms with van der Waals surface area (Å²) in [6.07, 6.45) is 4.76. The highest BCUT2D eigenvalue weighted by molar-refractivity contribution is 5.03. The van der Waals surface area contributed by atoms with Gasteiger partial charge in [-0.25, -0.2) is 0 Å². The molecule has 114 valence electrons. The zero-order valence-electron chi connectivity index (χ0n) is 12.5. The van der Waals surface area contributed by atoms with Crippen molar-refractivity contribution < 1.29 is 9.84 Å². The largest absolute Gasteiger partial charge is 0.389 e. The molecule has 2 heterocycles. The van der Waals surface area contributed by atoms with Crippen LogP contribution in [0.3, 0.4) is 0 Å². The van der Waals surface area contributed by atoms with E-state index in [0.717, 1.165) is 39.1 Å². The molecule has 0 bridgehead atoms. The molecule has 1 aromatic heterocycles. The molecular weight excluding hydrogens is 256 g/mol. The topological polar surface area (TPSA) is 53.8 Å². The summed E-state index contributed by atoms with van der Waals surface area (Å²) in [5.41, 5.74) is 1.26. The first-order valence-electron chi connectivity index (χ1n) is 7.26. The molecule has 1 aromatic rings. The van der Waals surface area contributed by atoms with Crippen LogP contribution in [0.2, 0.25) is 0 Å². The van der Waals surface area contributed by atoms with Crippen molar-refractivity contribution in [2.24, 2.45) is 7.05 Å². The molecule has 2 rings (SSSR count). The van der Waals surface area contributed by atoms with E-state index in [1.807, 2.05) is 17.9 Å². The molecule has 0 aliphatic carbocycles. The molecule has 0 spiro atoms. The molecule has 1 unspecified atom stereocenters. The first-order valence-corrected chi connectivity index (χ1v) is 7.26. The lowest BCUT2D eigenvalue weighted by molar-refractivity contribution is 0.0385. The lowest BCUT2D eigenvalue weighted by atomic mass is 10.3. The van der Waals surface area contributed by atoms with E-state index >= 15 is 0 Å². The molecule has 1 saturated heterocycles. The Labute approximate surface area is 120 Å². The number of hydrogen-bond acceptors (Lipinski definition) is 5. The molecule has 0 saturated carbocycles. The fourth-order valence-corrected chi connectivity index (χ4v) is 2.72. The maximum Gasteiger partial charge on any atom is 0.0900 e. The third kappa shape index (κ3) is 4.86. The number of aromatic nitrogens is 2. The van der Waals surface area contributed by atoms with Gasteiger partial charge in [0, 0.05) is 52.1 Å². The Kier molecular flexibility index (Phi) is 5.97. The van der Waals surface area contributed by atoms with E-state index < -0.39 is 0 Å². The zero-order chi connectivity index (χ0) is 14.4. The van der Waals surface area contributed by atoms with Crippen LogP contribution in [-0.2, 0) is 18.3 Å². The summed E-state index contributed by atoms with van der Waals surface area (Å²) in [4.78, 5) is 4.78. The fourth-order valence-electron chi connectivity index (χ4n) is 2.72. The van der Waals surface area contributed by atoms with Gasteiger partial charge in [-0.05, 0) is 19.5 Å². The maximum atomic E-state index is 9.81. The molecule has 1 aliphatic rings. The highest BCUT2D eigenvalue weighted by Gasteiger charge is 2.17. The van der Waals surface area contributed by atoms with E-state index in [-0.39, 0.29) is 6.10 Å². The number of ether oxygens (including phenoxy) is 1. The van der Waals surface area contributed by atoms with Gasteiger partial charge in [-0.1, -0.05) is 0 Å². The SMILES string of the molecule is COCC(O)CN1CCCN(Cc2cnn(C)c2)CC1. The predicted molar refractivity (Wildman–Crippen MR) is 77.4 cm³/mol. The van der Waals surface area contributed by atoms with Crippen molar-refractivity contribution in [3.8, 4) is 0 Å². The molecule has 6 heteroatoms. The molecule has 1 N–H and O–H groups in total. The molecule has 6 nitrogen and oxygen atoms in total. The average Bonchev–Trinajstić information content (AvgIpc) is 2.68. The summed E-state index contributed by atoms with van der Waals surface area (Å²) in [5, 5.41) is 14.0. The second-order valence-corrected chi connectivity index (χ2v) is 5.56. The smallest absolute Gasteiger partial charge is 0.0900 e. The van der Waals surface area contributed by atoms with E-state index in [1.165, 1.54) is 5.56 Å². The van der Waals surface area contributed by atoms with Crippen molar-refractivity contribution in [1.82, 2.24) is 19.6 Å². The molecule has 1 atom stereocenters. The van der Waals surface area contributed by atoms with Crippen molar-refractivity contribution >= 4 is 0 Å². The zero-order valence-corrected chi connectivity index (χ0v) is 12.5. The van der Waals surface area contributed by atoms with Crippen LogP contribution in [0.5, 0.6) is 0 Å².